The van der Waals surface area contributed by atoms with Crippen LogP contribution in [0, 0.1) is 0 Å². The van der Waals surface area contributed by atoms with Crippen molar-refractivity contribution in [3.8, 4) is 0 Å². The Kier molecular flexibility index (Phi) is 2.36. The largest absolute Gasteiger partial charge is 0.370 e. The molecule has 0 radical (unpaired) electrons. The number of aryl methyl sites for hydroxylation is 1. The molecule has 0 saturated carbocycles. The standard InChI is InChI=1S/C9H12ClN3/c1-2-7-12-8(10)6-4-3-5-11-9(6)13-7/h2-5H2,1H3,(H,11,12,13). The van der Waals surface area contributed by atoms with E-state index >= 15 is 0 Å². The summed E-state index contributed by atoms with van der Waals surface area (Å²) in [5.41, 5.74) is 1.07. The lowest BCUT2D eigenvalue weighted by Gasteiger charge is -2.17. The molecule has 0 atom stereocenters. The molecule has 1 N–H and O–H groups in total. The molecule has 0 saturated heterocycles. The highest BCUT2D eigenvalue weighted by Gasteiger charge is 2.15. The molecule has 4 heteroatoms. The van der Waals surface area contributed by atoms with Crippen LogP contribution < -0.4 is 5.32 Å². The molecule has 1 aliphatic rings. The second-order valence-electron chi connectivity index (χ2n) is 3.14. The quantitative estimate of drug-likeness (QED) is 0.701. The van der Waals surface area contributed by atoms with Gasteiger partial charge in [0.1, 0.15) is 16.8 Å². The third-order valence-electron chi connectivity index (χ3n) is 2.22. The van der Waals surface area contributed by atoms with E-state index in [4.69, 9.17) is 11.6 Å². The highest BCUT2D eigenvalue weighted by molar-refractivity contribution is 6.30. The number of fused-ring (bicyclic) bond motifs is 1. The van der Waals surface area contributed by atoms with E-state index in [1.54, 1.807) is 0 Å². The van der Waals surface area contributed by atoms with Gasteiger partial charge in [0.15, 0.2) is 0 Å². The molecule has 2 heterocycles. The van der Waals surface area contributed by atoms with Gasteiger partial charge in [0.25, 0.3) is 0 Å². The van der Waals surface area contributed by atoms with E-state index in [9.17, 15) is 0 Å². The molecule has 0 bridgehead atoms. The molecule has 13 heavy (non-hydrogen) atoms. The van der Waals surface area contributed by atoms with Gasteiger partial charge in [-0.25, -0.2) is 9.97 Å². The van der Waals surface area contributed by atoms with Crippen LogP contribution in [0.5, 0.6) is 0 Å². The molecule has 1 aliphatic heterocycles. The Hall–Kier alpha value is -0.830. The fourth-order valence-corrected chi connectivity index (χ4v) is 1.78. The molecule has 0 aromatic carbocycles. The zero-order valence-corrected chi connectivity index (χ0v) is 8.36. The molecule has 0 unspecified atom stereocenters. The minimum Gasteiger partial charge on any atom is -0.370 e. The lowest BCUT2D eigenvalue weighted by molar-refractivity contribution is 0.793. The van der Waals surface area contributed by atoms with E-state index in [0.29, 0.717) is 5.15 Å². The van der Waals surface area contributed by atoms with Crippen LogP contribution in [0.25, 0.3) is 0 Å². The molecular formula is C9H12ClN3. The maximum absolute atomic E-state index is 6.03. The van der Waals surface area contributed by atoms with Gasteiger partial charge in [-0.15, -0.1) is 0 Å². The molecule has 1 aromatic rings. The minimum absolute atomic E-state index is 0.619. The molecular weight excluding hydrogens is 186 g/mol. The zero-order chi connectivity index (χ0) is 9.26. The van der Waals surface area contributed by atoms with Crippen molar-refractivity contribution in [2.75, 3.05) is 11.9 Å². The zero-order valence-electron chi connectivity index (χ0n) is 7.60. The third-order valence-corrected chi connectivity index (χ3v) is 2.53. The Bertz CT molecular complexity index is 325. The Morgan fingerprint density at radius 2 is 2.31 bits per heavy atom. The first-order chi connectivity index (χ1) is 6.31. The van der Waals surface area contributed by atoms with Gasteiger partial charge in [-0.1, -0.05) is 18.5 Å². The highest BCUT2D eigenvalue weighted by Crippen LogP contribution is 2.25. The normalized spacial score (nSPS) is 14.9. The van der Waals surface area contributed by atoms with Crippen LogP contribution in [0.3, 0.4) is 0 Å². The summed E-state index contributed by atoms with van der Waals surface area (Å²) in [5.74, 6) is 1.75. The molecule has 0 amide bonds. The van der Waals surface area contributed by atoms with Crippen LogP contribution in [0.2, 0.25) is 5.15 Å². The summed E-state index contributed by atoms with van der Waals surface area (Å²) in [7, 11) is 0. The summed E-state index contributed by atoms with van der Waals surface area (Å²) < 4.78 is 0. The topological polar surface area (TPSA) is 37.8 Å². The van der Waals surface area contributed by atoms with Crippen LogP contribution in [0.4, 0.5) is 5.82 Å². The second kappa shape index (κ2) is 3.50. The summed E-state index contributed by atoms with van der Waals surface area (Å²) in [6.45, 7) is 3.02. The molecule has 3 nitrogen and oxygen atoms in total. The minimum atomic E-state index is 0.619. The van der Waals surface area contributed by atoms with E-state index < -0.39 is 0 Å². The van der Waals surface area contributed by atoms with Gasteiger partial charge in [-0.3, -0.25) is 0 Å². The van der Waals surface area contributed by atoms with Crippen molar-refractivity contribution in [1.82, 2.24) is 9.97 Å². The maximum atomic E-state index is 6.03. The van der Waals surface area contributed by atoms with Gasteiger partial charge >= 0.3 is 0 Å². The number of nitrogens with zero attached hydrogens (tertiary/aromatic N) is 2. The van der Waals surface area contributed by atoms with Gasteiger partial charge in [-0.2, -0.15) is 0 Å². The fraction of sp³-hybridized carbons (Fsp3) is 0.556. The fourth-order valence-electron chi connectivity index (χ4n) is 1.50. The van der Waals surface area contributed by atoms with Crippen molar-refractivity contribution in [1.29, 1.82) is 0 Å². The predicted molar refractivity (Wildman–Crippen MR) is 53.2 cm³/mol. The summed E-state index contributed by atoms with van der Waals surface area (Å²) in [4.78, 5) is 8.61. The van der Waals surface area contributed by atoms with Gasteiger partial charge in [0.2, 0.25) is 0 Å². The predicted octanol–water partition coefficient (Wildman–Crippen LogP) is 2.05. The molecule has 0 fully saturated rings. The Morgan fingerprint density at radius 3 is 3.08 bits per heavy atom. The van der Waals surface area contributed by atoms with Crippen molar-refractivity contribution in [2.45, 2.75) is 26.2 Å². The number of rotatable bonds is 1. The summed E-state index contributed by atoms with van der Waals surface area (Å²) >= 11 is 6.03. The Balaban J connectivity index is 2.47. The summed E-state index contributed by atoms with van der Waals surface area (Å²) in [6.07, 6.45) is 2.93. The lowest BCUT2D eigenvalue weighted by Crippen LogP contribution is -2.15. The van der Waals surface area contributed by atoms with Gasteiger partial charge in [0.05, 0.1) is 0 Å². The van der Waals surface area contributed by atoms with Gasteiger partial charge in [0, 0.05) is 18.5 Å². The van der Waals surface area contributed by atoms with Crippen molar-refractivity contribution in [2.24, 2.45) is 0 Å². The van der Waals surface area contributed by atoms with Crippen LogP contribution in [0.1, 0.15) is 24.7 Å². The third kappa shape index (κ3) is 1.61. The number of hydrogen-bond acceptors (Lipinski definition) is 3. The van der Waals surface area contributed by atoms with E-state index in [-0.39, 0.29) is 0 Å². The van der Waals surface area contributed by atoms with Crippen molar-refractivity contribution >= 4 is 17.4 Å². The van der Waals surface area contributed by atoms with Crippen molar-refractivity contribution in [3.63, 3.8) is 0 Å². The summed E-state index contributed by atoms with van der Waals surface area (Å²) in [5, 5.41) is 3.86. The van der Waals surface area contributed by atoms with Crippen LogP contribution in [-0.4, -0.2) is 16.5 Å². The van der Waals surface area contributed by atoms with Gasteiger partial charge in [-0.05, 0) is 12.8 Å². The van der Waals surface area contributed by atoms with E-state index in [0.717, 1.165) is 43.0 Å². The first-order valence-electron chi connectivity index (χ1n) is 4.60. The maximum Gasteiger partial charge on any atom is 0.138 e. The first kappa shape index (κ1) is 8.75. The molecule has 1 aromatic heterocycles. The molecule has 70 valence electrons. The number of halogens is 1. The average Bonchev–Trinajstić information content (AvgIpc) is 2.18. The van der Waals surface area contributed by atoms with Crippen LogP contribution in [0.15, 0.2) is 0 Å². The highest BCUT2D eigenvalue weighted by atomic mass is 35.5. The summed E-state index contributed by atoms with van der Waals surface area (Å²) in [6, 6.07) is 0. The van der Waals surface area contributed by atoms with E-state index in [1.807, 2.05) is 6.92 Å². The molecule has 0 spiro atoms. The average molecular weight is 198 g/mol. The number of anilines is 1. The Labute approximate surface area is 82.5 Å². The van der Waals surface area contributed by atoms with Crippen molar-refractivity contribution < 1.29 is 0 Å². The SMILES string of the molecule is CCc1nc(Cl)c2c(n1)NCCC2. The van der Waals surface area contributed by atoms with Crippen LogP contribution >= 0.6 is 11.6 Å². The van der Waals surface area contributed by atoms with E-state index in [2.05, 4.69) is 15.3 Å². The number of hydrogen-bond donors (Lipinski definition) is 1. The second-order valence-corrected chi connectivity index (χ2v) is 3.50. The smallest absolute Gasteiger partial charge is 0.138 e. The lowest BCUT2D eigenvalue weighted by atomic mass is 10.1. The van der Waals surface area contributed by atoms with Gasteiger partial charge < -0.3 is 5.32 Å². The Morgan fingerprint density at radius 1 is 1.46 bits per heavy atom. The molecule has 2 rings (SSSR count). The monoisotopic (exact) mass is 197 g/mol. The first-order valence-corrected chi connectivity index (χ1v) is 4.98. The van der Waals surface area contributed by atoms with Crippen molar-refractivity contribution in [3.05, 3.63) is 16.5 Å². The molecule has 0 aliphatic carbocycles. The van der Waals surface area contributed by atoms with Crippen LogP contribution in [-0.2, 0) is 12.8 Å². The number of nitrogens with one attached hydrogen (secondary N) is 1. The number of aromatic nitrogens is 2. The van der Waals surface area contributed by atoms with E-state index in [1.165, 1.54) is 0 Å².